The normalized spacial score (nSPS) is 17.0. The molecule has 47 heavy (non-hydrogen) atoms. The van der Waals surface area contributed by atoms with Crippen LogP contribution in [0.25, 0.3) is 11.1 Å². The highest BCUT2D eigenvalue weighted by Crippen LogP contribution is 2.42. The van der Waals surface area contributed by atoms with Crippen molar-refractivity contribution in [2.24, 2.45) is 23.5 Å². The fraction of sp³-hybridized carbons (Fsp3) is 0.325. The zero-order chi connectivity index (χ0) is 32.8. The highest BCUT2D eigenvalue weighted by molar-refractivity contribution is 6.06. The number of ether oxygens (including phenoxy) is 1. The predicted octanol–water partition coefficient (Wildman–Crippen LogP) is 7.95. The first-order chi connectivity index (χ1) is 22.9. The van der Waals surface area contributed by atoms with E-state index in [-0.39, 0.29) is 18.4 Å². The van der Waals surface area contributed by atoms with Crippen LogP contribution in [0.2, 0.25) is 0 Å². The van der Waals surface area contributed by atoms with E-state index in [1.165, 1.54) is 0 Å². The van der Waals surface area contributed by atoms with Crippen molar-refractivity contribution in [2.75, 3.05) is 4.90 Å². The van der Waals surface area contributed by atoms with Gasteiger partial charge < -0.3 is 20.7 Å². The number of primary amides is 1. The minimum Gasteiger partial charge on any atom is -0.457 e. The van der Waals surface area contributed by atoms with Gasteiger partial charge in [-0.05, 0) is 65.8 Å². The summed E-state index contributed by atoms with van der Waals surface area (Å²) in [5.41, 5.74) is 10.1. The highest BCUT2D eigenvalue weighted by Gasteiger charge is 2.40. The zero-order valence-electron chi connectivity index (χ0n) is 26.9. The molecule has 0 spiro atoms. The average Bonchev–Trinajstić information content (AvgIpc) is 3.15. The van der Waals surface area contributed by atoms with Gasteiger partial charge in [0.15, 0.2) is 0 Å². The number of para-hydroxylation sites is 2. The lowest BCUT2D eigenvalue weighted by atomic mass is 9.73. The van der Waals surface area contributed by atoms with Crippen molar-refractivity contribution in [3.8, 4) is 22.6 Å². The Hall–Kier alpha value is -4.91. The lowest BCUT2D eigenvalue weighted by molar-refractivity contribution is -0.136. The Bertz CT molecular complexity index is 1720. The van der Waals surface area contributed by atoms with Crippen LogP contribution in [0.15, 0.2) is 103 Å². The fourth-order valence-corrected chi connectivity index (χ4v) is 6.91. The van der Waals surface area contributed by atoms with Crippen LogP contribution in [0.3, 0.4) is 0 Å². The number of amides is 3. The van der Waals surface area contributed by atoms with E-state index in [1.807, 2.05) is 103 Å². The lowest BCUT2D eigenvalue weighted by Crippen LogP contribution is -2.47. The topological polar surface area (TPSA) is 102 Å². The molecule has 1 aliphatic heterocycles. The van der Waals surface area contributed by atoms with Crippen molar-refractivity contribution in [2.45, 2.75) is 64.5 Å². The second-order valence-electron chi connectivity index (χ2n) is 12.8. The van der Waals surface area contributed by atoms with E-state index in [1.54, 1.807) is 4.90 Å². The Labute approximate surface area is 277 Å². The first kappa shape index (κ1) is 32.0. The van der Waals surface area contributed by atoms with E-state index in [0.29, 0.717) is 24.5 Å². The third-order valence-corrected chi connectivity index (χ3v) is 9.64. The second-order valence-corrected chi connectivity index (χ2v) is 12.8. The molecule has 1 saturated carbocycles. The van der Waals surface area contributed by atoms with Gasteiger partial charge in [0, 0.05) is 17.4 Å². The van der Waals surface area contributed by atoms with Gasteiger partial charge in [0.1, 0.15) is 17.5 Å². The van der Waals surface area contributed by atoms with Gasteiger partial charge in [-0.3, -0.25) is 14.4 Å². The summed E-state index contributed by atoms with van der Waals surface area (Å²) in [6, 6.07) is 32.0. The molecule has 7 nitrogen and oxygen atoms in total. The SMILES string of the molecule is CCCCC(C(N)=O)[C@H](CC1CCC1)C(=O)N[C@@H]1C(=O)N(Cc2cccc(Oc3ccccc3)c2)c2ccccc2-c2ccccc21. The lowest BCUT2D eigenvalue weighted by Gasteiger charge is -2.33. The van der Waals surface area contributed by atoms with E-state index in [0.717, 1.165) is 65.8 Å². The number of hydrogen-bond donors (Lipinski definition) is 2. The molecular weight excluding hydrogens is 586 g/mol. The van der Waals surface area contributed by atoms with Crippen molar-refractivity contribution < 1.29 is 19.1 Å². The van der Waals surface area contributed by atoms with Gasteiger partial charge >= 0.3 is 0 Å². The molecule has 4 aromatic carbocycles. The molecular formula is C40H43N3O4. The summed E-state index contributed by atoms with van der Waals surface area (Å²) in [4.78, 5) is 43.6. The van der Waals surface area contributed by atoms with E-state index in [9.17, 15) is 14.4 Å². The molecule has 4 aromatic rings. The molecule has 1 heterocycles. The number of nitrogens with zero attached hydrogens (tertiary/aromatic N) is 1. The highest BCUT2D eigenvalue weighted by atomic mass is 16.5. The first-order valence-electron chi connectivity index (χ1n) is 16.8. The molecule has 3 N–H and O–H groups in total. The van der Waals surface area contributed by atoms with Crippen molar-refractivity contribution in [1.29, 1.82) is 0 Å². The molecule has 0 aromatic heterocycles. The Morgan fingerprint density at radius 1 is 0.872 bits per heavy atom. The molecule has 6 rings (SSSR count). The van der Waals surface area contributed by atoms with Gasteiger partial charge in [0.2, 0.25) is 11.8 Å². The summed E-state index contributed by atoms with van der Waals surface area (Å²) in [5, 5.41) is 3.16. The van der Waals surface area contributed by atoms with E-state index >= 15 is 0 Å². The predicted molar refractivity (Wildman–Crippen MR) is 185 cm³/mol. The number of hydrogen-bond acceptors (Lipinski definition) is 4. The molecule has 7 heteroatoms. The smallest absolute Gasteiger partial charge is 0.254 e. The van der Waals surface area contributed by atoms with E-state index < -0.39 is 23.8 Å². The molecule has 2 aliphatic rings. The Morgan fingerprint density at radius 2 is 1.57 bits per heavy atom. The largest absolute Gasteiger partial charge is 0.457 e. The molecule has 3 atom stereocenters. The van der Waals surface area contributed by atoms with Crippen LogP contribution in [-0.2, 0) is 20.9 Å². The van der Waals surface area contributed by atoms with Crippen LogP contribution in [-0.4, -0.2) is 17.7 Å². The molecule has 1 unspecified atom stereocenters. The number of nitrogens with one attached hydrogen (secondary N) is 1. The molecule has 242 valence electrons. The summed E-state index contributed by atoms with van der Waals surface area (Å²) in [7, 11) is 0. The maximum atomic E-state index is 14.8. The maximum Gasteiger partial charge on any atom is 0.254 e. The second kappa shape index (κ2) is 14.7. The van der Waals surface area contributed by atoms with Crippen LogP contribution >= 0.6 is 0 Å². The fourth-order valence-electron chi connectivity index (χ4n) is 6.91. The summed E-state index contributed by atoms with van der Waals surface area (Å²) in [5.74, 6) is -0.354. The molecule has 0 saturated heterocycles. The number of anilines is 1. The van der Waals surface area contributed by atoms with E-state index in [4.69, 9.17) is 10.5 Å². The van der Waals surface area contributed by atoms with Gasteiger partial charge in [-0.2, -0.15) is 0 Å². The number of nitrogens with two attached hydrogens (primary N) is 1. The van der Waals surface area contributed by atoms with Gasteiger partial charge in [-0.25, -0.2) is 0 Å². The van der Waals surface area contributed by atoms with Crippen molar-refractivity contribution >= 4 is 23.4 Å². The maximum absolute atomic E-state index is 14.8. The Balaban J connectivity index is 1.35. The van der Waals surface area contributed by atoms with Crippen molar-refractivity contribution in [1.82, 2.24) is 5.32 Å². The first-order valence-corrected chi connectivity index (χ1v) is 16.8. The van der Waals surface area contributed by atoms with Crippen molar-refractivity contribution in [3.05, 3.63) is 114 Å². The number of fused-ring (bicyclic) bond motifs is 3. The van der Waals surface area contributed by atoms with Crippen LogP contribution in [0.1, 0.15) is 69.0 Å². The molecule has 3 amide bonds. The molecule has 1 fully saturated rings. The van der Waals surface area contributed by atoms with Crippen LogP contribution < -0.4 is 20.7 Å². The van der Waals surface area contributed by atoms with Crippen molar-refractivity contribution in [3.63, 3.8) is 0 Å². The number of carbonyl (C=O) groups is 3. The number of carbonyl (C=O) groups excluding carboxylic acids is 3. The van der Waals surface area contributed by atoms with Gasteiger partial charge in [-0.15, -0.1) is 0 Å². The third kappa shape index (κ3) is 7.25. The third-order valence-electron chi connectivity index (χ3n) is 9.64. The van der Waals surface area contributed by atoms with Crippen LogP contribution in [0.4, 0.5) is 5.69 Å². The number of rotatable bonds is 13. The minimum atomic E-state index is -0.946. The number of unbranched alkanes of at least 4 members (excludes halogenated alkanes) is 1. The standard InChI is InChI=1S/C40H43N3O4/c1-2-3-19-34(38(41)44)35(25-27-13-11-14-27)39(45)42-37-33-22-8-7-20-31(33)32-21-9-10-23-36(32)43(40(37)46)26-28-15-12-18-30(24-28)47-29-16-5-4-6-17-29/h4-10,12,15-18,20-24,27,34-35,37H,2-3,11,13-14,19,25-26H2,1H3,(H2,41,44)(H,42,45)/t34?,35-,37-/m0/s1. The molecule has 0 bridgehead atoms. The Kier molecular flexibility index (Phi) is 10.0. The summed E-state index contributed by atoms with van der Waals surface area (Å²) in [6.45, 7) is 2.34. The average molecular weight is 630 g/mol. The minimum absolute atomic E-state index is 0.239. The summed E-state index contributed by atoms with van der Waals surface area (Å²) >= 11 is 0. The van der Waals surface area contributed by atoms with Gasteiger partial charge in [0.25, 0.3) is 5.91 Å². The van der Waals surface area contributed by atoms with Crippen LogP contribution in [0.5, 0.6) is 11.5 Å². The monoisotopic (exact) mass is 629 g/mol. The Morgan fingerprint density at radius 3 is 2.30 bits per heavy atom. The van der Waals surface area contributed by atoms with Crippen LogP contribution in [0, 0.1) is 17.8 Å². The quantitative estimate of drug-likeness (QED) is 0.157. The van der Waals surface area contributed by atoms with Gasteiger partial charge in [0.05, 0.1) is 12.2 Å². The summed E-state index contributed by atoms with van der Waals surface area (Å²) in [6.07, 6.45) is 6.10. The number of benzene rings is 4. The molecule has 1 aliphatic carbocycles. The summed E-state index contributed by atoms with van der Waals surface area (Å²) < 4.78 is 6.10. The molecule has 0 radical (unpaired) electrons. The van der Waals surface area contributed by atoms with E-state index in [2.05, 4.69) is 12.2 Å². The van der Waals surface area contributed by atoms with Gasteiger partial charge in [-0.1, -0.05) is 112 Å². The zero-order valence-corrected chi connectivity index (χ0v) is 26.9.